The Balaban J connectivity index is 3.92. The summed E-state index contributed by atoms with van der Waals surface area (Å²) in [6.07, 6.45) is -1.11. The Kier molecular flexibility index (Phi) is 4.28. The molecule has 0 saturated carbocycles. The highest BCUT2D eigenvalue weighted by molar-refractivity contribution is 5.86. The van der Waals surface area contributed by atoms with Gasteiger partial charge in [-0.25, -0.2) is 4.79 Å². The van der Waals surface area contributed by atoms with Crippen molar-refractivity contribution in [1.29, 1.82) is 0 Å². The molecule has 70 valence electrons. The third kappa shape index (κ3) is 3.34. The van der Waals surface area contributed by atoms with Gasteiger partial charge in [0.05, 0.1) is 7.11 Å². The molecule has 0 rings (SSSR count). The van der Waals surface area contributed by atoms with E-state index in [4.69, 9.17) is 5.11 Å². The summed E-state index contributed by atoms with van der Waals surface area (Å²) in [7, 11) is 1.23. The summed E-state index contributed by atoms with van der Waals surface area (Å²) in [5.74, 6) is -1.13. The van der Waals surface area contributed by atoms with Crippen LogP contribution in [0, 0.1) is 0 Å². The van der Waals surface area contributed by atoms with Crippen molar-refractivity contribution >= 4 is 11.9 Å². The number of methoxy groups -OCH3 is 1. The molecule has 0 radical (unpaired) electrons. The molecule has 0 aliphatic carbocycles. The molecule has 0 spiro atoms. The highest BCUT2D eigenvalue weighted by Crippen LogP contribution is 1.87. The zero-order valence-corrected chi connectivity index (χ0v) is 7.33. The highest BCUT2D eigenvalue weighted by Gasteiger charge is 2.17. The molecule has 1 amide bonds. The van der Waals surface area contributed by atoms with Crippen LogP contribution in [-0.4, -0.2) is 36.2 Å². The minimum atomic E-state index is -1.11. The Labute approximate surface area is 70.7 Å². The van der Waals surface area contributed by atoms with E-state index in [0.717, 1.165) is 0 Å². The fourth-order valence-electron chi connectivity index (χ4n) is 0.570. The smallest absolute Gasteiger partial charge is 0.328 e. The van der Waals surface area contributed by atoms with Crippen molar-refractivity contribution in [2.45, 2.75) is 26.0 Å². The van der Waals surface area contributed by atoms with E-state index in [1.165, 1.54) is 21.0 Å². The molecule has 0 bridgehead atoms. The number of aliphatic hydroxyl groups excluding tert-OH is 1. The van der Waals surface area contributed by atoms with E-state index in [1.807, 2.05) is 0 Å². The maximum absolute atomic E-state index is 10.8. The number of rotatable bonds is 3. The van der Waals surface area contributed by atoms with Gasteiger partial charge < -0.3 is 15.2 Å². The maximum atomic E-state index is 10.8. The van der Waals surface area contributed by atoms with Gasteiger partial charge in [0.1, 0.15) is 12.1 Å². The third-order valence-electron chi connectivity index (χ3n) is 1.29. The monoisotopic (exact) mass is 175 g/mol. The maximum Gasteiger partial charge on any atom is 0.328 e. The number of carbonyl (C=O) groups excluding carboxylic acids is 2. The SMILES string of the molecule is COC(=O)[C@H](C)NC(=O)[C@@H](C)O. The minimum Gasteiger partial charge on any atom is -0.467 e. The quantitative estimate of drug-likeness (QED) is 0.542. The second-order valence-electron chi connectivity index (χ2n) is 2.43. The normalized spacial score (nSPS) is 14.7. The Morgan fingerprint density at radius 1 is 1.42 bits per heavy atom. The summed E-state index contributed by atoms with van der Waals surface area (Å²) in [6, 6.07) is -0.725. The van der Waals surface area contributed by atoms with Crippen LogP contribution in [0.5, 0.6) is 0 Å². The van der Waals surface area contributed by atoms with Gasteiger partial charge in [0.25, 0.3) is 0 Å². The van der Waals surface area contributed by atoms with E-state index in [0.29, 0.717) is 0 Å². The second kappa shape index (κ2) is 4.71. The van der Waals surface area contributed by atoms with Crippen LogP contribution in [0.3, 0.4) is 0 Å². The van der Waals surface area contributed by atoms with Crippen molar-refractivity contribution in [3.8, 4) is 0 Å². The Morgan fingerprint density at radius 3 is 2.25 bits per heavy atom. The van der Waals surface area contributed by atoms with Gasteiger partial charge in [0, 0.05) is 0 Å². The first kappa shape index (κ1) is 10.9. The summed E-state index contributed by atoms with van der Waals surface area (Å²) in [4.78, 5) is 21.6. The van der Waals surface area contributed by atoms with Crippen LogP contribution in [0.4, 0.5) is 0 Å². The molecule has 2 atom stereocenters. The molecular weight excluding hydrogens is 162 g/mol. The van der Waals surface area contributed by atoms with Crippen LogP contribution < -0.4 is 5.32 Å². The van der Waals surface area contributed by atoms with Gasteiger partial charge in [0.15, 0.2) is 0 Å². The van der Waals surface area contributed by atoms with Crippen molar-refractivity contribution in [2.24, 2.45) is 0 Å². The largest absolute Gasteiger partial charge is 0.467 e. The molecule has 12 heavy (non-hydrogen) atoms. The highest BCUT2D eigenvalue weighted by atomic mass is 16.5. The number of hydrogen-bond acceptors (Lipinski definition) is 4. The fraction of sp³-hybridized carbons (Fsp3) is 0.714. The van der Waals surface area contributed by atoms with Crippen molar-refractivity contribution in [3.63, 3.8) is 0 Å². The number of nitrogens with one attached hydrogen (secondary N) is 1. The number of ether oxygens (including phenoxy) is 1. The van der Waals surface area contributed by atoms with Crippen molar-refractivity contribution in [3.05, 3.63) is 0 Å². The van der Waals surface area contributed by atoms with Crippen molar-refractivity contribution in [1.82, 2.24) is 5.32 Å². The first-order chi connectivity index (χ1) is 5.49. The van der Waals surface area contributed by atoms with Crippen LogP contribution >= 0.6 is 0 Å². The molecule has 0 aliphatic heterocycles. The van der Waals surface area contributed by atoms with Gasteiger partial charge in [-0.1, -0.05) is 0 Å². The van der Waals surface area contributed by atoms with E-state index in [-0.39, 0.29) is 0 Å². The Bertz CT molecular complexity index is 178. The number of esters is 1. The fourth-order valence-corrected chi connectivity index (χ4v) is 0.570. The van der Waals surface area contributed by atoms with E-state index in [2.05, 4.69) is 10.1 Å². The average molecular weight is 175 g/mol. The zero-order valence-electron chi connectivity index (χ0n) is 7.33. The van der Waals surface area contributed by atoms with Gasteiger partial charge in [0.2, 0.25) is 5.91 Å². The number of hydrogen-bond donors (Lipinski definition) is 2. The predicted molar refractivity (Wildman–Crippen MR) is 41.3 cm³/mol. The van der Waals surface area contributed by atoms with Crippen LogP contribution in [0.15, 0.2) is 0 Å². The molecular formula is C7H13NO4. The Hall–Kier alpha value is -1.10. The van der Waals surface area contributed by atoms with E-state index < -0.39 is 24.0 Å². The number of carbonyl (C=O) groups is 2. The van der Waals surface area contributed by atoms with Crippen molar-refractivity contribution < 1.29 is 19.4 Å². The topological polar surface area (TPSA) is 75.6 Å². The molecule has 0 aromatic carbocycles. The molecule has 0 unspecified atom stereocenters. The molecule has 0 fully saturated rings. The molecule has 0 saturated heterocycles. The lowest BCUT2D eigenvalue weighted by atomic mass is 10.3. The van der Waals surface area contributed by atoms with Gasteiger partial charge in [-0.3, -0.25) is 4.79 Å². The first-order valence-corrected chi connectivity index (χ1v) is 3.55. The van der Waals surface area contributed by atoms with Crippen LogP contribution in [-0.2, 0) is 14.3 Å². The zero-order chi connectivity index (χ0) is 9.72. The summed E-state index contributed by atoms with van der Waals surface area (Å²) in [5.41, 5.74) is 0. The minimum absolute atomic E-state index is 0.538. The third-order valence-corrected chi connectivity index (χ3v) is 1.29. The summed E-state index contributed by atoms with van der Waals surface area (Å²) in [5, 5.41) is 11.0. The second-order valence-corrected chi connectivity index (χ2v) is 2.43. The number of aliphatic hydroxyl groups is 1. The van der Waals surface area contributed by atoms with Gasteiger partial charge in [-0.05, 0) is 13.8 Å². The van der Waals surface area contributed by atoms with Crippen LogP contribution in [0.25, 0.3) is 0 Å². The summed E-state index contributed by atoms with van der Waals surface area (Å²) in [6.45, 7) is 2.80. The van der Waals surface area contributed by atoms with E-state index in [1.54, 1.807) is 0 Å². The van der Waals surface area contributed by atoms with Gasteiger partial charge in [-0.2, -0.15) is 0 Å². The Morgan fingerprint density at radius 2 is 1.92 bits per heavy atom. The summed E-state index contributed by atoms with van der Waals surface area (Å²) >= 11 is 0. The lowest BCUT2D eigenvalue weighted by Crippen LogP contribution is -2.43. The first-order valence-electron chi connectivity index (χ1n) is 3.55. The number of amides is 1. The summed E-state index contributed by atoms with van der Waals surface area (Å²) < 4.78 is 4.36. The van der Waals surface area contributed by atoms with E-state index in [9.17, 15) is 9.59 Å². The average Bonchev–Trinajstić information content (AvgIpc) is 2.02. The lowest BCUT2D eigenvalue weighted by Gasteiger charge is -2.12. The lowest BCUT2D eigenvalue weighted by molar-refractivity contribution is -0.145. The predicted octanol–water partition coefficient (Wildman–Crippen LogP) is -0.955. The molecule has 0 aliphatic rings. The molecule has 2 N–H and O–H groups in total. The van der Waals surface area contributed by atoms with Crippen molar-refractivity contribution in [2.75, 3.05) is 7.11 Å². The molecule has 5 nitrogen and oxygen atoms in total. The molecule has 0 aromatic heterocycles. The molecule has 0 heterocycles. The van der Waals surface area contributed by atoms with Gasteiger partial charge >= 0.3 is 5.97 Å². The molecule has 0 aromatic rings. The van der Waals surface area contributed by atoms with Crippen LogP contribution in [0.2, 0.25) is 0 Å². The molecule has 5 heteroatoms. The van der Waals surface area contributed by atoms with Crippen LogP contribution in [0.1, 0.15) is 13.8 Å². The van der Waals surface area contributed by atoms with E-state index >= 15 is 0 Å². The van der Waals surface area contributed by atoms with Gasteiger partial charge in [-0.15, -0.1) is 0 Å². The standard InChI is InChI=1S/C7H13NO4/c1-4(7(11)12-3)8-6(10)5(2)9/h4-5,9H,1-3H3,(H,8,10)/t4-,5+/m0/s1.